The van der Waals surface area contributed by atoms with Crippen molar-refractivity contribution >= 4 is 28.9 Å². The van der Waals surface area contributed by atoms with E-state index in [2.05, 4.69) is 20.5 Å². The van der Waals surface area contributed by atoms with Crippen LogP contribution in [0.1, 0.15) is 38.7 Å². The summed E-state index contributed by atoms with van der Waals surface area (Å²) in [6.07, 6.45) is 4.01. The predicted octanol–water partition coefficient (Wildman–Crippen LogP) is 4.65. The molecule has 2 bridgehead atoms. The van der Waals surface area contributed by atoms with E-state index >= 15 is 0 Å². The molecule has 1 saturated heterocycles. The third-order valence-electron chi connectivity index (χ3n) is 7.45. The van der Waals surface area contributed by atoms with E-state index in [1.807, 2.05) is 10.6 Å². The van der Waals surface area contributed by atoms with E-state index in [9.17, 15) is 23.2 Å². The normalized spacial score (nSPS) is 17.6. The summed E-state index contributed by atoms with van der Waals surface area (Å²) in [5.74, 6) is -2.61. The van der Waals surface area contributed by atoms with Crippen LogP contribution in [0.2, 0.25) is 0 Å². The van der Waals surface area contributed by atoms with Crippen LogP contribution in [0.25, 0.3) is 0 Å². The topological polar surface area (TPSA) is 96.3 Å². The molecule has 2 N–H and O–H groups in total. The van der Waals surface area contributed by atoms with Gasteiger partial charge in [-0.15, -0.1) is 0 Å². The number of carbonyl (C=O) groups is 2. The zero-order valence-electron chi connectivity index (χ0n) is 21.3. The minimum Gasteiger partial charge on any atom is -0.369 e. The van der Waals surface area contributed by atoms with Crippen LogP contribution in [0, 0.1) is 17.6 Å². The van der Waals surface area contributed by atoms with E-state index in [4.69, 9.17) is 0 Å². The lowest BCUT2D eigenvalue weighted by atomic mass is 9.83. The average Bonchev–Trinajstić information content (AvgIpc) is 2.96. The number of fused-ring (bicyclic) bond motifs is 4. The molecule has 6 rings (SSSR count). The van der Waals surface area contributed by atoms with Gasteiger partial charge in [0.25, 0.3) is 17.4 Å². The van der Waals surface area contributed by atoms with Crippen LogP contribution in [-0.2, 0) is 6.54 Å². The van der Waals surface area contributed by atoms with Gasteiger partial charge in [0, 0.05) is 72.6 Å². The van der Waals surface area contributed by atoms with Crippen molar-refractivity contribution < 1.29 is 18.4 Å². The van der Waals surface area contributed by atoms with E-state index in [1.165, 1.54) is 18.5 Å². The maximum atomic E-state index is 13.7. The van der Waals surface area contributed by atoms with Crippen LogP contribution in [0.3, 0.4) is 0 Å². The number of nitrogens with zero attached hydrogens (tertiary/aromatic N) is 3. The smallest absolute Gasteiger partial charge is 0.255 e. The number of anilines is 3. The van der Waals surface area contributed by atoms with Crippen molar-refractivity contribution in [3.63, 3.8) is 0 Å². The van der Waals surface area contributed by atoms with Gasteiger partial charge in [0.05, 0.1) is 11.4 Å². The highest BCUT2D eigenvalue weighted by atomic mass is 19.2. The van der Waals surface area contributed by atoms with Crippen molar-refractivity contribution in [1.29, 1.82) is 0 Å². The zero-order chi connectivity index (χ0) is 27.8. The highest BCUT2D eigenvalue weighted by molar-refractivity contribution is 6.09. The van der Waals surface area contributed by atoms with E-state index in [1.54, 1.807) is 42.5 Å². The van der Waals surface area contributed by atoms with Gasteiger partial charge in [-0.05, 0) is 60.9 Å². The molecule has 40 heavy (non-hydrogen) atoms. The van der Waals surface area contributed by atoms with Crippen LogP contribution in [0.5, 0.6) is 0 Å². The molecule has 4 aromatic rings. The Hall–Kier alpha value is -4.86. The van der Waals surface area contributed by atoms with Crippen molar-refractivity contribution in [2.75, 3.05) is 28.6 Å². The first-order valence-corrected chi connectivity index (χ1v) is 12.9. The SMILES string of the molecule is O=C(Nc1ccc(F)c(F)c1)c1ccc(N2CC3CC(C2)c2cccc(=O)n2C3)c(NC(=O)c2ccncc2)c1. The Bertz CT molecular complexity index is 1670. The van der Waals surface area contributed by atoms with E-state index in [0.29, 0.717) is 30.9 Å². The first-order chi connectivity index (χ1) is 19.4. The molecule has 2 amide bonds. The summed E-state index contributed by atoms with van der Waals surface area (Å²) < 4.78 is 28.9. The lowest BCUT2D eigenvalue weighted by Gasteiger charge is -2.44. The molecule has 202 valence electrons. The van der Waals surface area contributed by atoms with Crippen LogP contribution >= 0.6 is 0 Å². The van der Waals surface area contributed by atoms with Crippen LogP contribution in [-0.4, -0.2) is 34.5 Å². The van der Waals surface area contributed by atoms with Gasteiger partial charge in [-0.1, -0.05) is 6.07 Å². The summed E-state index contributed by atoms with van der Waals surface area (Å²) in [5.41, 5.74) is 2.92. The summed E-state index contributed by atoms with van der Waals surface area (Å²) in [4.78, 5) is 44.7. The van der Waals surface area contributed by atoms with Crippen LogP contribution in [0.4, 0.5) is 25.8 Å². The Morgan fingerprint density at radius 2 is 1.62 bits per heavy atom. The van der Waals surface area contributed by atoms with Crippen LogP contribution in [0.15, 0.2) is 83.9 Å². The maximum absolute atomic E-state index is 13.7. The molecule has 4 heterocycles. The van der Waals surface area contributed by atoms with E-state index < -0.39 is 17.5 Å². The molecular weight excluding hydrogens is 516 g/mol. The highest BCUT2D eigenvalue weighted by Crippen LogP contribution is 2.39. The number of rotatable bonds is 5. The van der Waals surface area contributed by atoms with Gasteiger partial charge in [-0.3, -0.25) is 19.4 Å². The Balaban J connectivity index is 1.32. The minimum absolute atomic E-state index is 0.00218. The number of pyridine rings is 2. The first kappa shape index (κ1) is 25.4. The quantitative estimate of drug-likeness (QED) is 0.384. The summed E-state index contributed by atoms with van der Waals surface area (Å²) >= 11 is 0. The van der Waals surface area contributed by atoms with Gasteiger partial charge in [0.15, 0.2) is 11.6 Å². The predicted molar refractivity (Wildman–Crippen MR) is 147 cm³/mol. The maximum Gasteiger partial charge on any atom is 0.255 e. The van der Waals surface area contributed by atoms with E-state index in [-0.39, 0.29) is 34.6 Å². The number of nitrogens with one attached hydrogen (secondary N) is 2. The summed E-state index contributed by atoms with van der Waals surface area (Å²) in [6, 6.07) is 16.6. The molecule has 10 heteroatoms. The second-order valence-corrected chi connectivity index (χ2v) is 10.1. The van der Waals surface area contributed by atoms with Crippen molar-refractivity contribution in [2.24, 2.45) is 5.92 Å². The molecule has 1 fully saturated rings. The molecule has 0 spiro atoms. The molecule has 0 radical (unpaired) electrons. The molecule has 2 aromatic carbocycles. The molecule has 8 nitrogen and oxygen atoms in total. The number of carbonyl (C=O) groups excluding carboxylic acids is 2. The van der Waals surface area contributed by atoms with Crippen molar-refractivity contribution in [3.8, 4) is 0 Å². The lowest BCUT2D eigenvalue weighted by molar-refractivity contribution is 0.101. The molecular formula is C30H25F2N5O3. The number of amides is 2. The van der Waals surface area contributed by atoms with Crippen molar-refractivity contribution in [2.45, 2.75) is 18.9 Å². The molecule has 0 aliphatic carbocycles. The number of aromatic nitrogens is 2. The fourth-order valence-electron chi connectivity index (χ4n) is 5.62. The van der Waals surface area contributed by atoms with Crippen LogP contribution < -0.4 is 21.1 Å². The Kier molecular flexibility index (Phi) is 6.59. The second kappa shape index (κ2) is 10.4. The second-order valence-electron chi connectivity index (χ2n) is 10.1. The molecule has 2 unspecified atom stereocenters. The largest absolute Gasteiger partial charge is 0.369 e. The van der Waals surface area contributed by atoms with E-state index in [0.717, 1.165) is 29.9 Å². The summed E-state index contributed by atoms with van der Waals surface area (Å²) in [7, 11) is 0. The van der Waals surface area contributed by atoms with Crippen molar-refractivity contribution in [1.82, 2.24) is 9.55 Å². The number of hydrogen-bond donors (Lipinski definition) is 2. The Labute approximate surface area is 228 Å². The Morgan fingerprint density at radius 1 is 0.825 bits per heavy atom. The average molecular weight is 542 g/mol. The standard InChI is InChI=1S/C30H25F2N5O3/c31-23-6-5-22(14-24(23)32)34-30(40)20-4-7-27(25(13-20)35-29(39)19-8-10-33-11-9-19)36-15-18-12-21(17-36)26-2-1-3-28(38)37(26)16-18/h1-11,13-14,18,21H,12,15-17H2,(H,34,40)(H,35,39). The number of halogens is 2. The number of benzene rings is 2. The monoisotopic (exact) mass is 541 g/mol. The summed E-state index contributed by atoms with van der Waals surface area (Å²) in [6.45, 7) is 1.93. The molecule has 0 saturated carbocycles. The van der Waals surface area contributed by atoms with Gasteiger partial charge in [0.1, 0.15) is 0 Å². The lowest BCUT2D eigenvalue weighted by Crippen LogP contribution is -2.47. The van der Waals surface area contributed by atoms with Crippen molar-refractivity contribution in [3.05, 3.63) is 118 Å². The first-order valence-electron chi connectivity index (χ1n) is 12.9. The molecule has 2 aliphatic heterocycles. The molecule has 2 aliphatic rings. The third kappa shape index (κ3) is 4.95. The third-order valence-corrected chi connectivity index (χ3v) is 7.45. The molecule has 2 aromatic heterocycles. The van der Waals surface area contributed by atoms with Gasteiger partial charge in [-0.25, -0.2) is 8.78 Å². The van der Waals surface area contributed by atoms with Gasteiger partial charge in [-0.2, -0.15) is 0 Å². The highest BCUT2D eigenvalue weighted by Gasteiger charge is 2.35. The van der Waals surface area contributed by atoms with Gasteiger partial charge >= 0.3 is 0 Å². The fourth-order valence-corrected chi connectivity index (χ4v) is 5.62. The number of piperidine rings is 1. The van der Waals surface area contributed by atoms with Gasteiger partial charge < -0.3 is 20.1 Å². The summed E-state index contributed by atoms with van der Waals surface area (Å²) in [5, 5.41) is 5.51. The zero-order valence-corrected chi connectivity index (χ0v) is 21.3. The Morgan fingerprint density at radius 3 is 2.42 bits per heavy atom. The number of hydrogen-bond acceptors (Lipinski definition) is 5. The van der Waals surface area contributed by atoms with Gasteiger partial charge in [0.2, 0.25) is 0 Å². The minimum atomic E-state index is -1.07. The fraction of sp³-hybridized carbons (Fsp3) is 0.200. The molecule has 2 atom stereocenters.